The molecule has 2 aromatic rings. The molecule has 0 radical (unpaired) electrons. The maximum atomic E-state index is 6.34. The highest BCUT2D eigenvalue weighted by Crippen LogP contribution is 2.25. The molecule has 0 aliphatic heterocycles. The molecule has 0 amide bonds. The number of aryl methyl sites for hydroxylation is 2. The van der Waals surface area contributed by atoms with E-state index in [1.807, 2.05) is 6.07 Å². The Balaban J connectivity index is 2.28. The van der Waals surface area contributed by atoms with Gasteiger partial charge in [-0.25, -0.2) is 0 Å². The molecule has 2 N–H and O–H groups in total. The molecule has 0 bridgehead atoms. The Labute approximate surface area is 109 Å². The van der Waals surface area contributed by atoms with Gasteiger partial charge in [0.25, 0.3) is 0 Å². The first-order chi connectivity index (χ1) is 8.76. The molecule has 0 saturated heterocycles. The van der Waals surface area contributed by atoms with Crippen LogP contribution < -0.4 is 5.73 Å². The van der Waals surface area contributed by atoms with E-state index >= 15 is 0 Å². The van der Waals surface area contributed by atoms with Crippen molar-refractivity contribution >= 4 is 0 Å². The standard InChI is InChI=1S/C16H21NO/c1-3-6-12-7-5-8-13(11-12)16(17)14-9-10-18-15(14)4-2/h5,7-11,16H,3-4,6,17H2,1-2H3. The van der Waals surface area contributed by atoms with Gasteiger partial charge in [-0.05, 0) is 23.6 Å². The van der Waals surface area contributed by atoms with Gasteiger partial charge in [0.2, 0.25) is 0 Å². The molecule has 2 rings (SSSR count). The predicted molar refractivity (Wildman–Crippen MR) is 74.6 cm³/mol. The zero-order chi connectivity index (χ0) is 13.0. The molecule has 1 aromatic carbocycles. The molecule has 1 unspecified atom stereocenters. The monoisotopic (exact) mass is 243 g/mol. The number of furan rings is 1. The molecule has 0 spiro atoms. The van der Waals surface area contributed by atoms with Crippen molar-refractivity contribution in [1.82, 2.24) is 0 Å². The first-order valence-corrected chi connectivity index (χ1v) is 6.67. The second kappa shape index (κ2) is 5.87. The third-order valence-electron chi connectivity index (χ3n) is 3.28. The number of rotatable bonds is 5. The minimum atomic E-state index is -0.0875. The highest BCUT2D eigenvalue weighted by molar-refractivity contribution is 5.35. The van der Waals surface area contributed by atoms with Crippen LogP contribution in [0.25, 0.3) is 0 Å². The van der Waals surface area contributed by atoms with Crippen molar-refractivity contribution in [2.24, 2.45) is 5.73 Å². The lowest BCUT2D eigenvalue weighted by Gasteiger charge is -2.13. The maximum Gasteiger partial charge on any atom is 0.108 e. The van der Waals surface area contributed by atoms with Crippen LogP contribution in [-0.4, -0.2) is 0 Å². The van der Waals surface area contributed by atoms with Crippen LogP contribution in [0.15, 0.2) is 41.0 Å². The van der Waals surface area contributed by atoms with Gasteiger partial charge in [0.05, 0.1) is 12.3 Å². The van der Waals surface area contributed by atoms with Gasteiger partial charge >= 0.3 is 0 Å². The Morgan fingerprint density at radius 1 is 1.22 bits per heavy atom. The summed E-state index contributed by atoms with van der Waals surface area (Å²) in [6, 6.07) is 10.4. The summed E-state index contributed by atoms with van der Waals surface area (Å²) >= 11 is 0. The average molecular weight is 243 g/mol. The number of benzene rings is 1. The van der Waals surface area contributed by atoms with E-state index in [1.165, 1.54) is 5.56 Å². The Morgan fingerprint density at radius 3 is 2.78 bits per heavy atom. The molecular weight excluding hydrogens is 222 g/mol. The van der Waals surface area contributed by atoms with E-state index < -0.39 is 0 Å². The van der Waals surface area contributed by atoms with Crippen molar-refractivity contribution in [3.63, 3.8) is 0 Å². The van der Waals surface area contributed by atoms with Crippen molar-refractivity contribution in [2.45, 2.75) is 39.2 Å². The summed E-state index contributed by atoms with van der Waals surface area (Å²) in [5.74, 6) is 0.989. The lowest BCUT2D eigenvalue weighted by Crippen LogP contribution is -2.13. The summed E-state index contributed by atoms with van der Waals surface area (Å²) < 4.78 is 5.45. The smallest absolute Gasteiger partial charge is 0.108 e. The van der Waals surface area contributed by atoms with E-state index in [1.54, 1.807) is 6.26 Å². The second-order valence-electron chi connectivity index (χ2n) is 4.63. The molecule has 0 saturated carbocycles. The molecule has 0 aliphatic rings. The lowest BCUT2D eigenvalue weighted by atomic mass is 9.96. The summed E-state index contributed by atoms with van der Waals surface area (Å²) in [5, 5.41) is 0. The highest BCUT2D eigenvalue weighted by Gasteiger charge is 2.15. The summed E-state index contributed by atoms with van der Waals surface area (Å²) in [7, 11) is 0. The topological polar surface area (TPSA) is 39.2 Å². The van der Waals surface area contributed by atoms with Crippen LogP contribution in [0.5, 0.6) is 0 Å². The van der Waals surface area contributed by atoms with Crippen LogP contribution in [0.2, 0.25) is 0 Å². The Hall–Kier alpha value is -1.54. The first kappa shape index (κ1) is 12.9. The van der Waals surface area contributed by atoms with Gasteiger partial charge in [-0.3, -0.25) is 0 Å². The molecule has 18 heavy (non-hydrogen) atoms. The second-order valence-corrected chi connectivity index (χ2v) is 4.63. The molecule has 1 aromatic heterocycles. The van der Waals surface area contributed by atoms with Crippen molar-refractivity contribution < 1.29 is 4.42 Å². The van der Waals surface area contributed by atoms with Gasteiger partial charge in [-0.15, -0.1) is 0 Å². The molecular formula is C16H21NO. The van der Waals surface area contributed by atoms with Crippen LogP contribution in [-0.2, 0) is 12.8 Å². The molecule has 2 heteroatoms. The summed E-state index contributed by atoms with van der Waals surface area (Å²) in [4.78, 5) is 0. The van der Waals surface area contributed by atoms with E-state index in [0.717, 1.165) is 36.1 Å². The van der Waals surface area contributed by atoms with Crippen molar-refractivity contribution in [3.8, 4) is 0 Å². The Bertz CT molecular complexity index is 501. The highest BCUT2D eigenvalue weighted by atomic mass is 16.3. The SMILES string of the molecule is CCCc1cccc(C(N)c2ccoc2CC)c1. The van der Waals surface area contributed by atoms with Gasteiger partial charge in [-0.1, -0.05) is 44.5 Å². The van der Waals surface area contributed by atoms with Crippen LogP contribution in [0.4, 0.5) is 0 Å². The lowest BCUT2D eigenvalue weighted by molar-refractivity contribution is 0.509. The van der Waals surface area contributed by atoms with E-state index in [4.69, 9.17) is 10.2 Å². The van der Waals surface area contributed by atoms with Gasteiger partial charge < -0.3 is 10.2 Å². The minimum Gasteiger partial charge on any atom is -0.469 e. The van der Waals surface area contributed by atoms with Gasteiger partial charge in [0.1, 0.15) is 5.76 Å². The van der Waals surface area contributed by atoms with E-state index in [2.05, 4.69) is 38.1 Å². The van der Waals surface area contributed by atoms with Gasteiger partial charge in [0, 0.05) is 12.0 Å². The molecule has 1 heterocycles. The fourth-order valence-corrected chi connectivity index (χ4v) is 2.33. The van der Waals surface area contributed by atoms with E-state index in [0.29, 0.717) is 0 Å². The Kier molecular flexibility index (Phi) is 4.21. The van der Waals surface area contributed by atoms with Crippen molar-refractivity contribution in [2.75, 3.05) is 0 Å². The van der Waals surface area contributed by atoms with Crippen molar-refractivity contribution in [1.29, 1.82) is 0 Å². The van der Waals surface area contributed by atoms with Crippen LogP contribution in [0.1, 0.15) is 48.8 Å². The summed E-state index contributed by atoms with van der Waals surface area (Å²) in [6.45, 7) is 4.28. The molecule has 96 valence electrons. The summed E-state index contributed by atoms with van der Waals surface area (Å²) in [6.07, 6.45) is 4.87. The van der Waals surface area contributed by atoms with Crippen LogP contribution >= 0.6 is 0 Å². The maximum absolute atomic E-state index is 6.34. The predicted octanol–water partition coefficient (Wildman–Crippen LogP) is 3.84. The number of hydrogen-bond acceptors (Lipinski definition) is 2. The van der Waals surface area contributed by atoms with Gasteiger partial charge in [-0.2, -0.15) is 0 Å². The third kappa shape index (κ3) is 2.65. The minimum absolute atomic E-state index is 0.0875. The number of hydrogen-bond donors (Lipinski definition) is 1. The van der Waals surface area contributed by atoms with Gasteiger partial charge in [0.15, 0.2) is 0 Å². The fraction of sp³-hybridized carbons (Fsp3) is 0.375. The third-order valence-corrected chi connectivity index (χ3v) is 3.28. The normalized spacial score (nSPS) is 12.6. The molecule has 2 nitrogen and oxygen atoms in total. The molecule has 0 aliphatic carbocycles. The largest absolute Gasteiger partial charge is 0.469 e. The van der Waals surface area contributed by atoms with Crippen LogP contribution in [0.3, 0.4) is 0 Å². The van der Waals surface area contributed by atoms with Crippen LogP contribution in [0, 0.1) is 0 Å². The zero-order valence-electron chi connectivity index (χ0n) is 11.1. The molecule has 1 atom stereocenters. The zero-order valence-corrected chi connectivity index (χ0v) is 11.1. The van der Waals surface area contributed by atoms with E-state index in [-0.39, 0.29) is 6.04 Å². The van der Waals surface area contributed by atoms with Crippen molar-refractivity contribution in [3.05, 3.63) is 59.0 Å². The average Bonchev–Trinajstić information content (AvgIpc) is 2.87. The number of nitrogens with two attached hydrogens (primary N) is 1. The first-order valence-electron chi connectivity index (χ1n) is 6.67. The fourth-order valence-electron chi connectivity index (χ4n) is 2.33. The summed E-state index contributed by atoms with van der Waals surface area (Å²) in [5.41, 5.74) is 9.96. The van der Waals surface area contributed by atoms with E-state index in [9.17, 15) is 0 Å². The Morgan fingerprint density at radius 2 is 2.06 bits per heavy atom. The molecule has 0 fully saturated rings. The quantitative estimate of drug-likeness (QED) is 0.866.